The molecule has 0 aliphatic carbocycles. The molecule has 5 heteroatoms. The molecule has 2 aromatic heterocycles. The summed E-state index contributed by atoms with van der Waals surface area (Å²) >= 11 is 1.54. The molecular formula is C20H16N2O2S. The van der Waals surface area contributed by atoms with Crippen molar-refractivity contribution in [1.29, 1.82) is 0 Å². The van der Waals surface area contributed by atoms with E-state index in [0.717, 1.165) is 21.3 Å². The van der Waals surface area contributed by atoms with Crippen LogP contribution in [-0.4, -0.2) is 15.1 Å². The first-order valence-corrected chi connectivity index (χ1v) is 8.85. The van der Waals surface area contributed by atoms with Gasteiger partial charge in [0.05, 0.1) is 5.39 Å². The molecule has 1 atom stereocenters. The van der Waals surface area contributed by atoms with Gasteiger partial charge in [-0.25, -0.2) is 4.98 Å². The van der Waals surface area contributed by atoms with Gasteiger partial charge < -0.3 is 9.84 Å². The highest BCUT2D eigenvalue weighted by Gasteiger charge is 2.15. The summed E-state index contributed by atoms with van der Waals surface area (Å²) in [6, 6.07) is 18.9. The van der Waals surface area contributed by atoms with Crippen molar-refractivity contribution in [3.8, 4) is 23.0 Å². The molecule has 4 rings (SSSR count). The van der Waals surface area contributed by atoms with Crippen molar-refractivity contribution in [3.63, 3.8) is 0 Å². The summed E-state index contributed by atoms with van der Waals surface area (Å²) in [5.74, 6) is 1.29. The van der Waals surface area contributed by atoms with E-state index in [9.17, 15) is 5.11 Å². The molecule has 1 unspecified atom stereocenters. The second kappa shape index (κ2) is 6.53. The Morgan fingerprint density at radius 3 is 2.64 bits per heavy atom. The fourth-order valence-corrected chi connectivity index (χ4v) is 3.41. The number of rotatable bonds is 4. The minimum atomic E-state index is -0.128. The van der Waals surface area contributed by atoms with E-state index in [4.69, 9.17) is 4.74 Å². The zero-order valence-corrected chi connectivity index (χ0v) is 14.4. The van der Waals surface area contributed by atoms with Gasteiger partial charge in [-0.3, -0.25) is 0 Å². The van der Waals surface area contributed by atoms with Crippen LogP contribution >= 0.6 is 11.3 Å². The molecule has 1 N–H and O–H groups in total. The highest BCUT2D eigenvalue weighted by Crippen LogP contribution is 2.33. The van der Waals surface area contributed by atoms with Gasteiger partial charge in [0.1, 0.15) is 16.7 Å². The maximum atomic E-state index is 9.73. The lowest BCUT2D eigenvalue weighted by atomic mass is 10.1. The SMILES string of the molecule is CC(Oc1nc(-c2cccc(O)c2)nc2sccc12)c1ccccc1. The number of aromatic nitrogens is 2. The maximum Gasteiger partial charge on any atom is 0.226 e. The van der Waals surface area contributed by atoms with Crippen molar-refractivity contribution in [2.45, 2.75) is 13.0 Å². The summed E-state index contributed by atoms with van der Waals surface area (Å²) in [5, 5.41) is 12.6. The first kappa shape index (κ1) is 15.6. The maximum absolute atomic E-state index is 9.73. The third-order valence-corrected chi connectivity index (χ3v) is 4.76. The lowest BCUT2D eigenvalue weighted by Crippen LogP contribution is -2.05. The van der Waals surface area contributed by atoms with Crippen LogP contribution in [0.2, 0.25) is 0 Å². The topological polar surface area (TPSA) is 55.2 Å². The van der Waals surface area contributed by atoms with Crippen LogP contribution in [0.3, 0.4) is 0 Å². The van der Waals surface area contributed by atoms with Crippen LogP contribution in [0.25, 0.3) is 21.6 Å². The highest BCUT2D eigenvalue weighted by molar-refractivity contribution is 7.16. The van der Waals surface area contributed by atoms with Crippen LogP contribution in [-0.2, 0) is 0 Å². The average Bonchev–Trinajstić information content (AvgIpc) is 3.11. The predicted octanol–water partition coefficient (Wildman–Crippen LogP) is 5.20. The molecule has 0 fully saturated rings. The van der Waals surface area contributed by atoms with Gasteiger partial charge in [0.25, 0.3) is 0 Å². The van der Waals surface area contributed by atoms with Gasteiger partial charge in [-0.2, -0.15) is 4.98 Å². The van der Waals surface area contributed by atoms with Gasteiger partial charge in [-0.15, -0.1) is 11.3 Å². The first-order chi connectivity index (χ1) is 12.2. The summed E-state index contributed by atoms with van der Waals surface area (Å²) in [6.07, 6.45) is -0.128. The van der Waals surface area contributed by atoms with Gasteiger partial charge in [0.15, 0.2) is 5.82 Å². The van der Waals surface area contributed by atoms with Crippen LogP contribution in [0.5, 0.6) is 11.6 Å². The van der Waals surface area contributed by atoms with Crippen molar-refractivity contribution >= 4 is 21.6 Å². The van der Waals surface area contributed by atoms with Crippen molar-refractivity contribution in [3.05, 3.63) is 71.6 Å². The second-order valence-corrected chi connectivity index (χ2v) is 6.61. The zero-order valence-electron chi connectivity index (χ0n) is 13.6. The molecule has 0 spiro atoms. The molecule has 0 bridgehead atoms. The Balaban J connectivity index is 1.76. The Bertz CT molecular complexity index is 1010. The van der Waals surface area contributed by atoms with Crippen molar-refractivity contribution < 1.29 is 9.84 Å². The van der Waals surface area contributed by atoms with Crippen LogP contribution < -0.4 is 4.74 Å². The van der Waals surface area contributed by atoms with E-state index in [1.807, 2.05) is 54.8 Å². The lowest BCUT2D eigenvalue weighted by molar-refractivity contribution is 0.221. The van der Waals surface area contributed by atoms with Gasteiger partial charge in [0, 0.05) is 5.56 Å². The number of fused-ring (bicyclic) bond motifs is 1. The van der Waals surface area contributed by atoms with Gasteiger partial charge in [-0.1, -0.05) is 42.5 Å². The van der Waals surface area contributed by atoms with E-state index in [1.165, 1.54) is 0 Å². The number of phenolic OH excluding ortho intramolecular Hbond substituents is 1. The molecule has 2 aromatic carbocycles. The number of aromatic hydroxyl groups is 1. The van der Waals surface area contributed by atoms with Crippen molar-refractivity contribution in [2.24, 2.45) is 0 Å². The first-order valence-electron chi connectivity index (χ1n) is 7.97. The Kier molecular flexibility index (Phi) is 4.07. The molecule has 4 aromatic rings. The number of benzene rings is 2. The normalized spacial score (nSPS) is 12.2. The lowest BCUT2D eigenvalue weighted by Gasteiger charge is -2.15. The highest BCUT2D eigenvalue weighted by atomic mass is 32.1. The van der Waals surface area contributed by atoms with E-state index >= 15 is 0 Å². The van der Waals surface area contributed by atoms with E-state index in [1.54, 1.807) is 29.5 Å². The monoisotopic (exact) mass is 348 g/mol. The molecule has 25 heavy (non-hydrogen) atoms. The molecule has 4 nitrogen and oxygen atoms in total. The second-order valence-electron chi connectivity index (χ2n) is 5.71. The van der Waals surface area contributed by atoms with E-state index in [0.29, 0.717) is 11.7 Å². The third-order valence-electron chi connectivity index (χ3n) is 3.95. The van der Waals surface area contributed by atoms with E-state index in [-0.39, 0.29) is 11.9 Å². The largest absolute Gasteiger partial charge is 0.508 e. The van der Waals surface area contributed by atoms with Crippen LogP contribution in [0, 0.1) is 0 Å². The zero-order chi connectivity index (χ0) is 17.2. The average molecular weight is 348 g/mol. The Hall–Kier alpha value is -2.92. The quantitative estimate of drug-likeness (QED) is 0.550. The predicted molar refractivity (Wildman–Crippen MR) is 100 cm³/mol. The molecule has 0 aliphatic heterocycles. The van der Waals surface area contributed by atoms with Gasteiger partial charge in [-0.05, 0) is 36.1 Å². The molecular weight excluding hydrogens is 332 g/mol. The van der Waals surface area contributed by atoms with Crippen molar-refractivity contribution in [2.75, 3.05) is 0 Å². The summed E-state index contributed by atoms with van der Waals surface area (Å²) in [5.41, 5.74) is 1.84. The Labute approximate surface area is 149 Å². The summed E-state index contributed by atoms with van der Waals surface area (Å²) in [7, 11) is 0. The molecule has 0 amide bonds. The minimum Gasteiger partial charge on any atom is -0.508 e. The van der Waals surface area contributed by atoms with Gasteiger partial charge in [0.2, 0.25) is 5.88 Å². The van der Waals surface area contributed by atoms with Crippen molar-refractivity contribution in [1.82, 2.24) is 9.97 Å². The molecule has 0 aliphatic rings. The number of hydrogen-bond donors (Lipinski definition) is 1. The van der Waals surface area contributed by atoms with Crippen LogP contribution in [0.1, 0.15) is 18.6 Å². The molecule has 2 heterocycles. The Morgan fingerprint density at radius 1 is 1.00 bits per heavy atom. The summed E-state index contributed by atoms with van der Waals surface area (Å²) in [6.45, 7) is 2.00. The number of ether oxygens (including phenoxy) is 1. The number of hydrogen-bond acceptors (Lipinski definition) is 5. The minimum absolute atomic E-state index is 0.128. The Morgan fingerprint density at radius 2 is 1.84 bits per heavy atom. The molecule has 0 saturated carbocycles. The summed E-state index contributed by atoms with van der Waals surface area (Å²) < 4.78 is 6.16. The third kappa shape index (κ3) is 3.19. The van der Waals surface area contributed by atoms with Crippen LogP contribution in [0.15, 0.2) is 66.0 Å². The fraction of sp³-hybridized carbons (Fsp3) is 0.100. The van der Waals surface area contributed by atoms with E-state index in [2.05, 4.69) is 9.97 Å². The van der Waals surface area contributed by atoms with Gasteiger partial charge >= 0.3 is 0 Å². The number of thiophene rings is 1. The fourth-order valence-electron chi connectivity index (χ4n) is 2.65. The smallest absolute Gasteiger partial charge is 0.226 e. The molecule has 124 valence electrons. The standard InChI is InChI=1S/C20H16N2O2S/c1-13(14-6-3-2-4-7-14)24-19-17-10-11-25-20(17)22-18(21-19)15-8-5-9-16(23)12-15/h2-13,23H,1H3. The molecule has 0 saturated heterocycles. The number of nitrogens with zero attached hydrogens (tertiary/aromatic N) is 2. The molecule has 0 radical (unpaired) electrons. The van der Waals surface area contributed by atoms with Crippen LogP contribution in [0.4, 0.5) is 0 Å². The summed E-state index contributed by atoms with van der Waals surface area (Å²) in [4.78, 5) is 10.1. The number of phenols is 1. The van der Waals surface area contributed by atoms with E-state index < -0.39 is 0 Å².